The Bertz CT molecular complexity index is 1270. The molecule has 1 amide bonds. The van der Waals surface area contributed by atoms with Crippen LogP contribution < -0.4 is 10.2 Å². The Morgan fingerprint density at radius 3 is 1.24 bits per heavy atom. The van der Waals surface area contributed by atoms with Crippen LogP contribution in [-0.2, 0) is 27.9 Å². The molecule has 10 heteroatoms. The van der Waals surface area contributed by atoms with E-state index in [-0.39, 0.29) is 31.5 Å². The van der Waals surface area contributed by atoms with Gasteiger partial charge in [0.1, 0.15) is 19.3 Å². The van der Waals surface area contributed by atoms with E-state index < -0.39 is 20.0 Å². The van der Waals surface area contributed by atoms with Crippen molar-refractivity contribution in [2.45, 2.75) is 315 Å². The van der Waals surface area contributed by atoms with Crippen molar-refractivity contribution in [3.8, 4) is 0 Å². The fraction of sp³-hybridized carbons (Fsp3) is 0.902. The molecule has 71 heavy (non-hydrogen) atoms. The lowest BCUT2D eigenvalue weighted by Gasteiger charge is -2.30. The van der Waals surface area contributed by atoms with Crippen LogP contribution in [0.2, 0.25) is 0 Å². The number of likely N-dealkylation sites (N-methyl/N-ethyl adjacent to an activating group) is 1. The monoisotopic (exact) mass is 1020 g/mol. The first kappa shape index (κ1) is 69.5. The summed E-state index contributed by atoms with van der Waals surface area (Å²) in [7, 11) is 1.19. The predicted octanol–water partition coefficient (Wildman–Crippen LogP) is 17.9. The number of phosphoric acid groups is 1. The normalized spacial score (nSPS) is 13.8. The van der Waals surface area contributed by atoms with Crippen LogP contribution in [0, 0.1) is 0 Å². The predicted molar refractivity (Wildman–Crippen MR) is 303 cm³/mol. The van der Waals surface area contributed by atoms with E-state index >= 15 is 0 Å². The molecular formula is C61H119N2O7P. The summed E-state index contributed by atoms with van der Waals surface area (Å²) < 4.78 is 30.2. The minimum Gasteiger partial charge on any atom is -0.756 e. The average molecular weight is 1020 g/mol. The van der Waals surface area contributed by atoms with Gasteiger partial charge in [0.05, 0.1) is 33.8 Å². The van der Waals surface area contributed by atoms with Gasteiger partial charge in [-0.2, -0.15) is 0 Å². The van der Waals surface area contributed by atoms with Gasteiger partial charge in [-0.1, -0.05) is 264 Å². The smallest absolute Gasteiger partial charge is 0.306 e. The highest BCUT2D eigenvalue weighted by molar-refractivity contribution is 7.45. The molecule has 0 aliphatic rings. The number of allylic oxidation sites excluding steroid dienone is 3. The molecule has 0 aromatic rings. The van der Waals surface area contributed by atoms with Crippen LogP contribution in [0.25, 0.3) is 0 Å². The first-order valence-electron chi connectivity index (χ1n) is 30.6. The van der Waals surface area contributed by atoms with Gasteiger partial charge in [0, 0.05) is 12.8 Å². The number of phosphoric ester groups is 1. The van der Waals surface area contributed by atoms with E-state index in [2.05, 4.69) is 38.2 Å². The number of esters is 1. The van der Waals surface area contributed by atoms with Crippen molar-refractivity contribution < 1.29 is 37.3 Å². The molecule has 3 atom stereocenters. The van der Waals surface area contributed by atoms with Crippen LogP contribution in [0.4, 0.5) is 0 Å². The molecule has 0 spiro atoms. The zero-order chi connectivity index (χ0) is 52.2. The lowest BCUT2D eigenvalue weighted by atomic mass is 10.0. The van der Waals surface area contributed by atoms with Crippen LogP contribution >= 0.6 is 7.82 Å². The second-order valence-electron chi connectivity index (χ2n) is 22.2. The lowest BCUT2D eigenvalue weighted by molar-refractivity contribution is -0.870. The molecule has 0 aliphatic heterocycles. The van der Waals surface area contributed by atoms with Gasteiger partial charge in [-0.3, -0.25) is 14.2 Å². The van der Waals surface area contributed by atoms with Crippen LogP contribution in [-0.4, -0.2) is 69.4 Å². The zero-order valence-electron chi connectivity index (χ0n) is 48.0. The van der Waals surface area contributed by atoms with Crippen LogP contribution in [0.1, 0.15) is 303 Å². The molecule has 0 aromatic heterocycles. The highest BCUT2D eigenvalue weighted by atomic mass is 31.2. The largest absolute Gasteiger partial charge is 0.756 e. The maximum atomic E-state index is 13.5. The zero-order valence-corrected chi connectivity index (χ0v) is 48.8. The second kappa shape index (κ2) is 52.0. The molecule has 0 rings (SSSR count). The third-order valence-electron chi connectivity index (χ3n) is 13.9. The Kier molecular flexibility index (Phi) is 50.8. The molecule has 0 fully saturated rings. The van der Waals surface area contributed by atoms with Crippen molar-refractivity contribution >= 4 is 19.7 Å². The minimum atomic E-state index is -4.69. The lowest BCUT2D eigenvalue weighted by Crippen LogP contribution is -2.47. The Hall–Kier alpha value is -1.51. The van der Waals surface area contributed by atoms with Crippen LogP contribution in [0.3, 0.4) is 0 Å². The highest BCUT2D eigenvalue weighted by Gasteiger charge is 2.27. The van der Waals surface area contributed by atoms with Gasteiger partial charge in [-0.05, 0) is 51.0 Å². The van der Waals surface area contributed by atoms with Crippen molar-refractivity contribution in [1.82, 2.24) is 5.32 Å². The van der Waals surface area contributed by atoms with E-state index in [0.717, 1.165) is 83.5 Å². The molecule has 0 radical (unpaired) electrons. The number of ether oxygens (including phenoxy) is 1. The Morgan fingerprint density at radius 2 is 0.831 bits per heavy atom. The first-order valence-corrected chi connectivity index (χ1v) is 32.1. The number of rotatable bonds is 56. The van der Waals surface area contributed by atoms with Gasteiger partial charge in [-0.25, -0.2) is 0 Å². The van der Waals surface area contributed by atoms with Crippen molar-refractivity contribution in [2.24, 2.45) is 0 Å². The maximum absolute atomic E-state index is 13.5. The summed E-state index contributed by atoms with van der Waals surface area (Å²) in [4.78, 5) is 39.8. The third-order valence-corrected chi connectivity index (χ3v) is 14.8. The number of hydrogen-bond donors (Lipinski definition) is 1. The van der Waals surface area contributed by atoms with Crippen molar-refractivity contribution in [3.05, 3.63) is 24.3 Å². The molecule has 0 bridgehead atoms. The van der Waals surface area contributed by atoms with Gasteiger partial charge < -0.3 is 28.5 Å². The van der Waals surface area contributed by atoms with Crippen LogP contribution in [0.15, 0.2) is 24.3 Å². The van der Waals surface area contributed by atoms with Crippen molar-refractivity contribution in [1.29, 1.82) is 0 Å². The molecule has 1 N–H and O–H groups in total. The molecule has 0 heterocycles. The van der Waals surface area contributed by atoms with E-state index in [0.29, 0.717) is 17.4 Å². The molecule has 0 saturated carbocycles. The number of carbonyl (C=O) groups is 2. The molecule has 0 aliphatic carbocycles. The van der Waals surface area contributed by atoms with E-state index in [4.69, 9.17) is 13.8 Å². The number of unbranched alkanes of at least 4 members (excludes halogenated alkanes) is 38. The van der Waals surface area contributed by atoms with Gasteiger partial charge in [0.2, 0.25) is 5.91 Å². The standard InChI is InChI=1S/C61H119N2O7P/c1-7-10-13-16-19-22-25-26-27-28-29-30-31-32-33-34-35-36-39-41-44-47-50-53-60(64)62-58(57-69-71(66,67)68-56-55-63(4,5)6)59(52-49-46-43-40-37-23-20-17-14-11-8-2)70-61(65)54-51-48-45-42-38-24-21-18-15-12-9-3/h18,21,49,52,58-59H,7-17,19-20,22-48,50-51,53-57H2,1-6H3,(H-,62,64,66,67)/b21-18-,52-49-. The molecular weight excluding hydrogens is 904 g/mol. The SMILES string of the molecule is CCCC/C=C\CCCCCCCC(=O)OC(/C=C\CCCCCCCCCCC)C(COP(=O)([O-])OCC[N+](C)(C)C)NC(=O)CCCCCCCCCCCCCCCCCCCCCCCCC. The topological polar surface area (TPSA) is 114 Å². The molecule has 9 nitrogen and oxygen atoms in total. The molecule has 0 aromatic carbocycles. The number of nitrogens with one attached hydrogen (secondary N) is 1. The summed E-state index contributed by atoms with van der Waals surface area (Å²) in [5, 5.41) is 3.03. The molecule has 3 unspecified atom stereocenters. The maximum Gasteiger partial charge on any atom is 0.306 e. The van der Waals surface area contributed by atoms with Crippen molar-refractivity contribution in [2.75, 3.05) is 40.9 Å². The number of quaternary nitrogens is 1. The minimum absolute atomic E-state index is 0.0203. The average Bonchev–Trinajstić information content (AvgIpc) is 3.33. The van der Waals surface area contributed by atoms with E-state index in [1.54, 1.807) is 0 Å². The van der Waals surface area contributed by atoms with Gasteiger partial charge in [0.25, 0.3) is 7.82 Å². The van der Waals surface area contributed by atoms with E-state index in [1.807, 2.05) is 33.3 Å². The summed E-state index contributed by atoms with van der Waals surface area (Å²) in [5.41, 5.74) is 0. The van der Waals surface area contributed by atoms with E-state index in [1.165, 1.54) is 186 Å². The third kappa shape index (κ3) is 53.1. The highest BCUT2D eigenvalue weighted by Crippen LogP contribution is 2.38. The summed E-state index contributed by atoms with van der Waals surface area (Å²) >= 11 is 0. The fourth-order valence-corrected chi connectivity index (χ4v) is 9.82. The Balaban J connectivity index is 5.05. The quantitative estimate of drug-likeness (QED) is 0.0212. The number of nitrogens with zero attached hydrogens (tertiary/aromatic N) is 1. The van der Waals surface area contributed by atoms with Crippen LogP contribution in [0.5, 0.6) is 0 Å². The number of amides is 1. The second-order valence-corrected chi connectivity index (χ2v) is 23.6. The Morgan fingerprint density at radius 1 is 0.479 bits per heavy atom. The van der Waals surface area contributed by atoms with Gasteiger partial charge in [0.15, 0.2) is 0 Å². The van der Waals surface area contributed by atoms with E-state index in [9.17, 15) is 19.0 Å². The first-order chi connectivity index (χ1) is 34.4. The summed E-state index contributed by atoms with van der Waals surface area (Å²) in [5.74, 6) is -0.539. The number of carbonyl (C=O) groups excluding carboxylic acids is 2. The summed E-state index contributed by atoms with van der Waals surface area (Å²) in [6, 6.07) is -0.884. The molecule has 420 valence electrons. The Labute approximate surface area is 441 Å². The molecule has 0 saturated heterocycles. The summed E-state index contributed by atoms with van der Waals surface area (Å²) in [6.07, 6.45) is 60.1. The fourth-order valence-electron chi connectivity index (χ4n) is 9.09. The van der Waals surface area contributed by atoms with Gasteiger partial charge in [-0.15, -0.1) is 0 Å². The summed E-state index contributed by atoms with van der Waals surface area (Å²) in [6.45, 7) is 6.83. The van der Waals surface area contributed by atoms with Gasteiger partial charge >= 0.3 is 5.97 Å². The van der Waals surface area contributed by atoms with Crippen molar-refractivity contribution in [3.63, 3.8) is 0 Å². The number of hydrogen-bond acceptors (Lipinski definition) is 7.